The Kier molecular flexibility index (Phi) is 12.3. The number of carbonyl (C=O) groups excluding carboxylic acids is 5. The molecule has 9 rings (SSSR count). The minimum atomic E-state index is -0.813. The quantitative estimate of drug-likeness (QED) is 0.0614. The van der Waals surface area contributed by atoms with E-state index in [1.807, 2.05) is 38.8 Å². The third-order valence-electron chi connectivity index (χ3n) is 14.0. The van der Waals surface area contributed by atoms with Crippen molar-refractivity contribution in [2.45, 2.75) is 116 Å². The molecule has 1 saturated carbocycles. The summed E-state index contributed by atoms with van der Waals surface area (Å²) in [6.45, 7) is 8.63. The molecule has 342 valence electrons. The highest BCUT2D eigenvalue weighted by Crippen LogP contribution is 2.51. The van der Waals surface area contributed by atoms with Gasteiger partial charge in [0.05, 0.1) is 48.7 Å². The summed E-state index contributed by atoms with van der Waals surface area (Å²) in [5.41, 5.74) is 7.78. The number of H-pyrrole nitrogens is 3. The number of aromatic nitrogens is 5. The molecule has 16 nitrogen and oxygen atoms in total. The molecule has 5 aromatic rings. The van der Waals surface area contributed by atoms with Gasteiger partial charge in [0.25, 0.3) is 5.91 Å². The van der Waals surface area contributed by atoms with Crippen LogP contribution in [0.1, 0.15) is 121 Å². The zero-order chi connectivity index (χ0) is 45.5. The molecule has 0 spiro atoms. The van der Waals surface area contributed by atoms with Gasteiger partial charge in [-0.2, -0.15) is 0 Å². The van der Waals surface area contributed by atoms with E-state index in [0.717, 1.165) is 113 Å². The largest absolute Gasteiger partial charge is 0.485 e. The van der Waals surface area contributed by atoms with Crippen LogP contribution in [-0.2, 0) is 23.9 Å². The fourth-order valence-corrected chi connectivity index (χ4v) is 10.5. The minimum absolute atomic E-state index is 0.124. The lowest BCUT2D eigenvalue weighted by molar-refractivity contribution is -0.140. The number of rotatable bonds is 12. The summed E-state index contributed by atoms with van der Waals surface area (Å²) in [6.07, 6.45) is 11.9. The van der Waals surface area contributed by atoms with Gasteiger partial charge in [-0.3, -0.25) is 19.2 Å². The Morgan fingerprint density at radius 2 is 1.34 bits per heavy atom. The van der Waals surface area contributed by atoms with E-state index in [0.29, 0.717) is 24.8 Å². The van der Waals surface area contributed by atoms with Crippen molar-refractivity contribution in [3.63, 3.8) is 0 Å². The lowest BCUT2D eigenvalue weighted by atomic mass is 9.80. The van der Waals surface area contributed by atoms with Gasteiger partial charge in [0.2, 0.25) is 18.1 Å². The van der Waals surface area contributed by atoms with Gasteiger partial charge in [0, 0.05) is 52.2 Å². The Balaban J connectivity index is 0.999. The molecule has 1 aliphatic carbocycles. The first-order valence-corrected chi connectivity index (χ1v) is 23.2. The lowest BCUT2D eigenvalue weighted by Crippen LogP contribution is -2.51. The Bertz CT molecular complexity index is 2600. The van der Waals surface area contributed by atoms with Crippen LogP contribution >= 0.6 is 0 Å². The third kappa shape index (κ3) is 8.38. The molecule has 2 aromatic carbocycles. The summed E-state index contributed by atoms with van der Waals surface area (Å²) in [5.74, 6) is 1.03. The lowest BCUT2D eigenvalue weighted by Gasteiger charge is -2.35. The second-order valence-corrected chi connectivity index (χ2v) is 18.8. The number of ether oxygens (including phenoxy) is 2. The number of amides is 4. The molecule has 6 heterocycles. The number of aldehydes is 1. The molecule has 3 aromatic heterocycles. The van der Waals surface area contributed by atoms with Gasteiger partial charge in [0.1, 0.15) is 35.6 Å². The number of hydrogen-bond acceptors (Lipinski definition) is 9. The highest BCUT2D eigenvalue weighted by molar-refractivity contribution is 6.24. The molecule has 0 bridgehead atoms. The van der Waals surface area contributed by atoms with Crippen LogP contribution in [0.5, 0.6) is 5.75 Å². The summed E-state index contributed by atoms with van der Waals surface area (Å²) in [4.78, 5) is 86.7. The fraction of sp³-hybridized carbons (Fsp3) is 0.490. The Morgan fingerprint density at radius 3 is 1.92 bits per heavy atom. The number of nitrogens with zero attached hydrogens (tertiary/aromatic N) is 4. The van der Waals surface area contributed by atoms with Crippen LogP contribution in [0.2, 0.25) is 0 Å². The van der Waals surface area contributed by atoms with Crippen LogP contribution in [0.3, 0.4) is 0 Å². The van der Waals surface area contributed by atoms with Gasteiger partial charge in [0.15, 0.2) is 0 Å². The number of carbonyl (C=O) groups is 5. The van der Waals surface area contributed by atoms with E-state index in [9.17, 15) is 24.0 Å². The summed E-state index contributed by atoms with van der Waals surface area (Å²) >= 11 is 0. The van der Waals surface area contributed by atoms with Crippen molar-refractivity contribution >= 4 is 41.0 Å². The molecular formula is C49H59N9O7. The van der Waals surface area contributed by atoms with E-state index < -0.39 is 24.1 Å². The maximum Gasteiger partial charge on any atom is 0.407 e. The summed E-state index contributed by atoms with van der Waals surface area (Å²) in [5, 5.41) is 6.41. The molecule has 65 heavy (non-hydrogen) atoms. The van der Waals surface area contributed by atoms with Crippen molar-refractivity contribution in [2.75, 3.05) is 20.2 Å². The molecule has 5 N–H and O–H groups in total. The molecule has 5 unspecified atom stereocenters. The van der Waals surface area contributed by atoms with Crippen molar-refractivity contribution in [3.8, 4) is 39.5 Å². The molecule has 16 heteroatoms. The number of hydrogen-bond donors (Lipinski definition) is 5. The van der Waals surface area contributed by atoms with E-state index >= 15 is 0 Å². The van der Waals surface area contributed by atoms with Crippen LogP contribution in [0.25, 0.3) is 44.7 Å². The van der Waals surface area contributed by atoms with Gasteiger partial charge in [-0.15, -0.1) is 0 Å². The number of alkyl carbamates (subject to hydrolysis) is 1. The van der Waals surface area contributed by atoms with Crippen LogP contribution in [0.4, 0.5) is 4.79 Å². The normalized spacial score (nSPS) is 20.6. The summed E-state index contributed by atoms with van der Waals surface area (Å²) in [7, 11) is 1.30. The molecule has 3 fully saturated rings. The summed E-state index contributed by atoms with van der Waals surface area (Å²) in [6, 6.07) is 10.6. The van der Waals surface area contributed by atoms with Gasteiger partial charge in [-0.05, 0) is 74.6 Å². The maximum atomic E-state index is 13.8. The molecule has 2 saturated heterocycles. The van der Waals surface area contributed by atoms with E-state index in [4.69, 9.17) is 19.4 Å². The third-order valence-corrected chi connectivity index (χ3v) is 14.0. The smallest absolute Gasteiger partial charge is 0.407 e. The monoisotopic (exact) mass is 885 g/mol. The van der Waals surface area contributed by atoms with Crippen LogP contribution < -0.4 is 15.4 Å². The number of aromatic amines is 3. The van der Waals surface area contributed by atoms with Crippen molar-refractivity contribution in [3.05, 3.63) is 66.0 Å². The van der Waals surface area contributed by atoms with Crippen molar-refractivity contribution < 1.29 is 33.4 Å². The van der Waals surface area contributed by atoms with Crippen LogP contribution in [0, 0.1) is 17.8 Å². The average molecular weight is 886 g/mol. The second kappa shape index (κ2) is 18.2. The first kappa shape index (κ1) is 43.8. The number of methoxy groups -OCH3 is 1. The summed E-state index contributed by atoms with van der Waals surface area (Å²) < 4.78 is 11.9. The van der Waals surface area contributed by atoms with Crippen LogP contribution in [0.15, 0.2) is 48.8 Å². The molecule has 5 atom stereocenters. The SMILES string of the molecule is COC(=O)NC(C(=O)N1CCCC1c1ncc(-c2ccc3[nH]c4c(c3c2)C(C2CCCCC2)Oc2cc(-c3cnc(C5CCCN5C(=O)C(NC(=O)C=O)C(C)C)[nH]3)ccc2-4)[nH]1)C(C)C. The zero-order valence-electron chi connectivity index (χ0n) is 37.7. The molecular weight excluding hydrogens is 827 g/mol. The fourth-order valence-electron chi connectivity index (χ4n) is 10.5. The number of likely N-dealkylation sites (tertiary alicyclic amines) is 2. The first-order chi connectivity index (χ1) is 31.4. The molecule has 3 aliphatic heterocycles. The minimum Gasteiger partial charge on any atom is -0.485 e. The van der Waals surface area contributed by atoms with Crippen molar-refractivity contribution in [1.29, 1.82) is 0 Å². The zero-order valence-corrected chi connectivity index (χ0v) is 37.7. The maximum absolute atomic E-state index is 13.8. The van der Waals surface area contributed by atoms with E-state index in [-0.39, 0.29) is 48.1 Å². The number of imidazole rings is 2. The van der Waals surface area contributed by atoms with Gasteiger partial charge in [-0.25, -0.2) is 14.8 Å². The number of fused-ring (bicyclic) bond motifs is 5. The van der Waals surface area contributed by atoms with Crippen molar-refractivity contribution in [1.82, 2.24) is 45.4 Å². The number of benzene rings is 2. The number of nitrogens with one attached hydrogen (secondary N) is 5. The topological polar surface area (TPSA) is 207 Å². The molecule has 4 aliphatic rings. The van der Waals surface area contributed by atoms with Crippen LogP contribution in [-0.4, -0.2) is 97.1 Å². The van der Waals surface area contributed by atoms with Gasteiger partial charge < -0.3 is 44.9 Å². The Morgan fingerprint density at radius 1 is 0.754 bits per heavy atom. The highest BCUT2D eigenvalue weighted by atomic mass is 16.5. The first-order valence-electron chi connectivity index (χ1n) is 23.2. The molecule has 4 amide bonds. The van der Waals surface area contributed by atoms with E-state index in [1.165, 1.54) is 13.5 Å². The van der Waals surface area contributed by atoms with E-state index in [2.05, 4.69) is 62.0 Å². The standard InChI is InChI=1S/C49H59N9O7/c1-26(2)41(55-39(60)25-59)47(61)57-19-9-13-36(57)46-51-24-35(54-46)30-15-17-31-38(22-30)65-44(28-11-7-6-8-12-28)40-32-21-29(16-18-33(32)52-43(31)40)34-23-50-45(53-34)37-14-10-20-58(37)48(62)42(27(3)4)56-49(63)64-5/h15-18,21-28,36-37,41-42,44,52H,6-14,19-20H2,1-5H3,(H,50,53)(H,51,54)(H,55,60)(H,56,63). The highest BCUT2D eigenvalue weighted by Gasteiger charge is 2.40. The predicted molar refractivity (Wildman–Crippen MR) is 243 cm³/mol. The Hall–Kier alpha value is -6.45. The van der Waals surface area contributed by atoms with Gasteiger partial charge in [-0.1, -0.05) is 59.1 Å². The average Bonchev–Trinajstić information content (AvgIpc) is 4.18. The Labute approximate surface area is 378 Å². The second-order valence-electron chi connectivity index (χ2n) is 18.8. The van der Waals surface area contributed by atoms with E-state index in [1.54, 1.807) is 11.1 Å². The van der Waals surface area contributed by atoms with Crippen molar-refractivity contribution in [2.24, 2.45) is 17.8 Å². The molecule has 0 radical (unpaired) electrons. The van der Waals surface area contributed by atoms with Gasteiger partial charge >= 0.3 is 6.09 Å². The predicted octanol–water partition coefficient (Wildman–Crippen LogP) is 7.68.